The number of amides is 1. The lowest BCUT2D eigenvalue weighted by Gasteiger charge is -2.19. The Morgan fingerprint density at radius 1 is 1.31 bits per heavy atom. The molecule has 2 aromatic rings. The van der Waals surface area contributed by atoms with E-state index < -0.39 is 12.1 Å². The number of thiazole rings is 1. The molecule has 2 aliphatic rings. The highest BCUT2D eigenvalue weighted by atomic mass is 32.1. The maximum atomic E-state index is 12.1. The summed E-state index contributed by atoms with van der Waals surface area (Å²) in [6.07, 6.45) is -0.242. The van der Waals surface area contributed by atoms with Crippen molar-refractivity contribution in [1.29, 1.82) is 0 Å². The minimum absolute atomic E-state index is 0.174. The molecule has 0 spiro atoms. The van der Waals surface area contributed by atoms with Crippen molar-refractivity contribution in [3.05, 3.63) is 40.4 Å². The van der Waals surface area contributed by atoms with Crippen LogP contribution >= 0.6 is 11.3 Å². The molecule has 0 bridgehead atoms. The van der Waals surface area contributed by atoms with Gasteiger partial charge in [0.05, 0.1) is 30.1 Å². The number of aryl methyl sites for hydroxylation is 1. The molecule has 0 aromatic carbocycles. The fourth-order valence-corrected chi connectivity index (χ4v) is 4.45. The van der Waals surface area contributed by atoms with Gasteiger partial charge in [0.2, 0.25) is 0 Å². The van der Waals surface area contributed by atoms with E-state index in [9.17, 15) is 18.0 Å². The molecule has 0 radical (unpaired) electrons. The van der Waals surface area contributed by atoms with Crippen molar-refractivity contribution in [2.45, 2.75) is 25.7 Å². The van der Waals surface area contributed by atoms with Crippen LogP contribution in [0, 0.1) is 18.8 Å². The summed E-state index contributed by atoms with van der Waals surface area (Å²) in [7, 11) is 0. The molecule has 3 atom stereocenters. The first kappa shape index (κ1) is 24.0. The largest absolute Gasteiger partial charge is 0.490 e. The molecular formula is C19H22F3N5O4S. The number of hydrogen-bond acceptors (Lipinski definition) is 8. The molecule has 2 N–H and O–H groups in total. The molecule has 0 saturated carbocycles. The van der Waals surface area contributed by atoms with E-state index >= 15 is 0 Å². The van der Waals surface area contributed by atoms with Crippen molar-refractivity contribution < 1.29 is 32.6 Å². The normalized spacial score (nSPS) is 22.7. The van der Waals surface area contributed by atoms with Gasteiger partial charge in [-0.2, -0.15) is 13.2 Å². The number of carbonyl (C=O) groups excluding carboxylic acids is 1. The number of fused-ring (bicyclic) bond motifs is 1. The predicted molar refractivity (Wildman–Crippen MR) is 107 cm³/mol. The second-order valence-corrected chi connectivity index (χ2v) is 8.39. The predicted octanol–water partition coefficient (Wildman–Crippen LogP) is 1.75. The van der Waals surface area contributed by atoms with Gasteiger partial charge in [0.1, 0.15) is 5.69 Å². The molecule has 13 heteroatoms. The summed E-state index contributed by atoms with van der Waals surface area (Å²) in [5.74, 6) is -2.12. The lowest BCUT2D eigenvalue weighted by Crippen LogP contribution is -2.34. The standard InChI is InChI=1S/C17H21N5O2S.C2HF3O2/c1-11-16(25-10-21-11)8-22-6-13-12(9-24-15(13)7-22)4-20-17(23)14-5-18-2-3-19-14;3-2(4,5)1(6)7/h2-3,5,10,12-13,15H,4,6-9H2,1H3,(H,20,23);(H,6,7)/t12-,13-,15-;/m1./s1. The number of rotatable bonds is 5. The van der Waals surface area contributed by atoms with Gasteiger partial charge in [-0.1, -0.05) is 0 Å². The van der Waals surface area contributed by atoms with Crippen molar-refractivity contribution in [2.24, 2.45) is 11.8 Å². The molecule has 2 aliphatic heterocycles. The van der Waals surface area contributed by atoms with Crippen LogP contribution in [0.5, 0.6) is 0 Å². The summed E-state index contributed by atoms with van der Waals surface area (Å²) in [6.45, 7) is 6.29. The first-order chi connectivity index (χ1) is 15.1. The topological polar surface area (TPSA) is 118 Å². The number of alkyl halides is 3. The van der Waals surface area contributed by atoms with Gasteiger partial charge in [0.25, 0.3) is 5.91 Å². The Labute approximate surface area is 185 Å². The third-order valence-electron chi connectivity index (χ3n) is 5.29. The lowest BCUT2D eigenvalue weighted by molar-refractivity contribution is -0.192. The number of hydrogen-bond donors (Lipinski definition) is 2. The van der Waals surface area contributed by atoms with Gasteiger partial charge >= 0.3 is 12.1 Å². The first-order valence-electron chi connectivity index (χ1n) is 9.72. The lowest BCUT2D eigenvalue weighted by atomic mass is 9.93. The van der Waals surface area contributed by atoms with Crippen molar-refractivity contribution >= 4 is 23.2 Å². The van der Waals surface area contributed by atoms with Crippen LogP contribution in [-0.4, -0.2) is 75.4 Å². The molecule has 174 valence electrons. The molecule has 4 heterocycles. The third-order valence-corrected chi connectivity index (χ3v) is 6.21. The van der Waals surface area contributed by atoms with Gasteiger partial charge < -0.3 is 15.2 Å². The van der Waals surface area contributed by atoms with Gasteiger partial charge in [0, 0.05) is 55.3 Å². The quantitative estimate of drug-likeness (QED) is 0.675. The molecule has 9 nitrogen and oxygen atoms in total. The average molecular weight is 473 g/mol. The number of carboxylic acids is 1. The van der Waals surface area contributed by atoms with Crippen LogP contribution in [0.2, 0.25) is 0 Å². The first-order valence-corrected chi connectivity index (χ1v) is 10.6. The Bertz CT molecular complexity index is 927. The number of aromatic nitrogens is 3. The van der Waals surface area contributed by atoms with E-state index in [0.717, 1.165) is 25.3 Å². The second-order valence-electron chi connectivity index (χ2n) is 7.45. The van der Waals surface area contributed by atoms with Crippen LogP contribution in [-0.2, 0) is 16.1 Å². The zero-order valence-corrected chi connectivity index (χ0v) is 17.9. The molecule has 0 unspecified atom stereocenters. The Hall–Kier alpha value is -2.64. The van der Waals surface area contributed by atoms with E-state index in [1.165, 1.54) is 17.3 Å². The van der Waals surface area contributed by atoms with Gasteiger partial charge in [-0.3, -0.25) is 14.7 Å². The van der Waals surface area contributed by atoms with Crippen LogP contribution in [0.25, 0.3) is 0 Å². The molecule has 2 saturated heterocycles. The van der Waals surface area contributed by atoms with E-state index in [1.54, 1.807) is 17.5 Å². The third kappa shape index (κ3) is 6.20. The Balaban J connectivity index is 0.000000360. The number of carbonyl (C=O) groups is 2. The van der Waals surface area contributed by atoms with E-state index in [1.807, 2.05) is 5.51 Å². The Morgan fingerprint density at radius 3 is 2.66 bits per heavy atom. The van der Waals surface area contributed by atoms with Crippen LogP contribution < -0.4 is 5.32 Å². The molecule has 0 aliphatic carbocycles. The Morgan fingerprint density at radius 2 is 2.06 bits per heavy atom. The van der Waals surface area contributed by atoms with E-state index in [2.05, 4.69) is 32.1 Å². The minimum Gasteiger partial charge on any atom is -0.475 e. The molecule has 2 fully saturated rings. The maximum absolute atomic E-state index is 12.1. The summed E-state index contributed by atoms with van der Waals surface area (Å²) >= 11 is 1.71. The summed E-state index contributed by atoms with van der Waals surface area (Å²) in [5.41, 5.74) is 3.38. The minimum atomic E-state index is -5.08. The number of ether oxygens (including phenoxy) is 1. The highest BCUT2D eigenvalue weighted by Gasteiger charge is 2.43. The van der Waals surface area contributed by atoms with E-state index in [4.69, 9.17) is 14.6 Å². The number of halogens is 3. The van der Waals surface area contributed by atoms with Crippen molar-refractivity contribution in [3.63, 3.8) is 0 Å². The molecular weight excluding hydrogens is 451 g/mol. The summed E-state index contributed by atoms with van der Waals surface area (Å²) in [4.78, 5) is 37.1. The van der Waals surface area contributed by atoms with Crippen LogP contribution in [0.15, 0.2) is 24.1 Å². The zero-order chi connectivity index (χ0) is 23.3. The summed E-state index contributed by atoms with van der Waals surface area (Å²) < 4.78 is 37.7. The average Bonchev–Trinajstić information content (AvgIpc) is 3.44. The fourth-order valence-electron chi connectivity index (χ4n) is 3.63. The van der Waals surface area contributed by atoms with Crippen LogP contribution in [0.4, 0.5) is 13.2 Å². The van der Waals surface area contributed by atoms with Crippen LogP contribution in [0.1, 0.15) is 21.1 Å². The van der Waals surface area contributed by atoms with E-state index in [0.29, 0.717) is 30.7 Å². The van der Waals surface area contributed by atoms with Gasteiger partial charge in [-0.05, 0) is 6.92 Å². The molecule has 1 amide bonds. The summed E-state index contributed by atoms with van der Waals surface area (Å²) in [6, 6.07) is 0. The number of aliphatic carboxylic acids is 1. The number of nitrogens with zero attached hydrogens (tertiary/aromatic N) is 4. The van der Waals surface area contributed by atoms with Crippen molar-refractivity contribution in [3.8, 4) is 0 Å². The van der Waals surface area contributed by atoms with E-state index in [-0.39, 0.29) is 12.0 Å². The van der Waals surface area contributed by atoms with Crippen LogP contribution in [0.3, 0.4) is 0 Å². The summed E-state index contributed by atoms with van der Waals surface area (Å²) in [5, 5.41) is 10.1. The second kappa shape index (κ2) is 10.3. The van der Waals surface area contributed by atoms with Gasteiger partial charge in [-0.15, -0.1) is 11.3 Å². The van der Waals surface area contributed by atoms with Gasteiger partial charge in [-0.25, -0.2) is 14.8 Å². The zero-order valence-electron chi connectivity index (χ0n) is 17.1. The SMILES string of the molecule is Cc1ncsc1CN1C[C@@H]2[C@H](CNC(=O)c3cnccn3)CO[C@@H]2C1.O=C(O)C(F)(F)F. The monoisotopic (exact) mass is 473 g/mol. The molecule has 32 heavy (non-hydrogen) atoms. The fraction of sp³-hybridized carbons (Fsp3) is 0.526. The van der Waals surface area contributed by atoms with Gasteiger partial charge in [0.15, 0.2) is 0 Å². The number of carboxylic acid groups (broad SMARTS) is 1. The smallest absolute Gasteiger partial charge is 0.475 e. The Kier molecular flexibility index (Phi) is 7.74. The molecule has 4 rings (SSSR count). The maximum Gasteiger partial charge on any atom is 0.490 e. The number of likely N-dealkylation sites (tertiary alicyclic amines) is 1. The molecule has 2 aromatic heterocycles. The highest BCUT2D eigenvalue weighted by molar-refractivity contribution is 7.09. The van der Waals surface area contributed by atoms with Crippen molar-refractivity contribution in [2.75, 3.05) is 26.2 Å². The number of nitrogens with one attached hydrogen (secondary N) is 1. The highest BCUT2D eigenvalue weighted by Crippen LogP contribution is 2.34. The van der Waals surface area contributed by atoms with Crippen molar-refractivity contribution in [1.82, 2.24) is 25.2 Å².